The smallest absolute Gasteiger partial charge is 0.251 e. The van der Waals surface area contributed by atoms with Crippen LogP contribution in [0, 0.1) is 6.92 Å². The van der Waals surface area contributed by atoms with Gasteiger partial charge in [0.2, 0.25) is 10.0 Å². The Kier molecular flexibility index (Phi) is 4.42. The van der Waals surface area contributed by atoms with Gasteiger partial charge < -0.3 is 10.1 Å². The number of ether oxygens (including phenoxy) is 1. The summed E-state index contributed by atoms with van der Waals surface area (Å²) in [6.07, 6.45) is 0. The maximum atomic E-state index is 12.6. The van der Waals surface area contributed by atoms with Gasteiger partial charge in [0.25, 0.3) is 5.91 Å². The first-order valence-electron chi connectivity index (χ1n) is 6.37. The van der Waals surface area contributed by atoms with Crippen molar-refractivity contribution < 1.29 is 17.9 Å². The van der Waals surface area contributed by atoms with Crippen LogP contribution < -0.4 is 5.32 Å². The van der Waals surface area contributed by atoms with E-state index in [2.05, 4.69) is 5.32 Å². The molecule has 0 spiro atoms. The van der Waals surface area contributed by atoms with E-state index in [-0.39, 0.29) is 10.8 Å². The van der Waals surface area contributed by atoms with E-state index in [1.807, 2.05) is 0 Å². The second kappa shape index (κ2) is 5.90. The Morgan fingerprint density at radius 2 is 1.95 bits per heavy atom. The minimum absolute atomic E-state index is 0.181. The summed E-state index contributed by atoms with van der Waals surface area (Å²) in [5.74, 6) is -0.302. The Morgan fingerprint density at radius 3 is 2.55 bits per heavy atom. The highest BCUT2D eigenvalue weighted by atomic mass is 32.2. The Bertz CT molecular complexity index is 607. The van der Waals surface area contributed by atoms with Crippen LogP contribution in [0.5, 0.6) is 0 Å². The molecule has 1 aromatic carbocycles. The molecule has 1 saturated heterocycles. The highest BCUT2D eigenvalue weighted by Gasteiger charge is 2.28. The van der Waals surface area contributed by atoms with E-state index in [1.165, 1.54) is 17.4 Å². The van der Waals surface area contributed by atoms with Crippen molar-refractivity contribution in [3.63, 3.8) is 0 Å². The van der Waals surface area contributed by atoms with Gasteiger partial charge in [-0.15, -0.1) is 0 Å². The van der Waals surface area contributed by atoms with Crippen molar-refractivity contribution in [1.29, 1.82) is 0 Å². The first kappa shape index (κ1) is 15.0. The van der Waals surface area contributed by atoms with Gasteiger partial charge in [-0.2, -0.15) is 4.31 Å². The van der Waals surface area contributed by atoms with Gasteiger partial charge in [0, 0.05) is 25.7 Å². The summed E-state index contributed by atoms with van der Waals surface area (Å²) in [6, 6.07) is 4.70. The van der Waals surface area contributed by atoms with Gasteiger partial charge in [-0.1, -0.05) is 6.07 Å². The minimum atomic E-state index is -3.58. The molecule has 1 heterocycles. The van der Waals surface area contributed by atoms with Crippen molar-refractivity contribution in [2.24, 2.45) is 0 Å². The molecule has 1 aliphatic heterocycles. The standard InChI is InChI=1S/C13H18N2O4S/c1-10-3-4-11(13(16)14-2)9-12(10)20(17,18)15-5-7-19-8-6-15/h3-4,9H,5-8H2,1-2H3,(H,14,16). The maximum Gasteiger partial charge on any atom is 0.251 e. The number of hydrogen-bond donors (Lipinski definition) is 1. The third kappa shape index (κ3) is 2.84. The molecule has 6 nitrogen and oxygen atoms in total. The van der Waals surface area contributed by atoms with E-state index >= 15 is 0 Å². The third-order valence-electron chi connectivity index (χ3n) is 3.27. The zero-order chi connectivity index (χ0) is 14.8. The molecule has 7 heteroatoms. The summed E-state index contributed by atoms with van der Waals surface area (Å²) in [6.45, 7) is 3.19. The predicted molar refractivity (Wildman–Crippen MR) is 74.1 cm³/mol. The maximum absolute atomic E-state index is 12.6. The highest BCUT2D eigenvalue weighted by molar-refractivity contribution is 7.89. The van der Waals surface area contributed by atoms with Gasteiger partial charge in [0.05, 0.1) is 18.1 Å². The number of sulfonamides is 1. The molecule has 20 heavy (non-hydrogen) atoms. The molecule has 0 aliphatic carbocycles. The van der Waals surface area contributed by atoms with Gasteiger partial charge in [0.15, 0.2) is 0 Å². The Hall–Kier alpha value is -1.44. The Labute approximate surface area is 118 Å². The number of benzene rings is 1. The van der Waals surface area contributed by atoms with E-state index < -0.39 is 10.0 Å². The van der Waals surface area contributed by atoms with E-state index in [0.29, 0.717) is 37.4 Å². The molecular formula is C13H18N2O4S. The fraction of sp³-hybridized carbons (Fsp3) is 0.462. The van der Waals surface area contributed by atoms with Crippen molar-refractivity contribution in [1.82, 2.24) is 9.62 Å². The number of nitrogens with one attached hydrogen (secondary N) is 1. The lowest BCUT2D eigenvalue weighted by atomic mass is 10.1. The van der Waals surface area contributed by atoms with E-state index in [9.17, 15) is 13.2 Å². The molecule has 0 saturated carbocycles. The molecule has 0 aromatic heterocycles. The number of morpholine rings is 1. The first-order chi connectivity index (χ1) is 9.46. The van der Waals surface area contributed by atoms with E-state index in [0.717, 1.165) is 0 Å². The van der Waals surface area contributed by atoms with Crippen LogP contribution in [0.15, 0.2) is 23.1 Å². The topological polar surface area (TPSA) is 75.7 Å². The minimum Gasteiger partial charge on any atom is -0.379 e. The predicted octanol–water partition coefficient (Wildman–Crippen LogP) is 0.376. The number of carbonyl (C=O) groups excluding carboxylic acids is 1. The zero-order valence-corrected chi connectivity index (χ0v) is 12.4. The quantitative estimate of drug-likeness (QED) is 0.875. The fourth-order valence-corrected chi connectivity index (χ4v) is 3.75. The molecule has 0 radical (unpaired) electrons. The van der Waals surface area contributed by atoms with Crippen LogP contribution in [-0.4, -0.2) is 52.0 Å². The number of nitrogens with zero attached hydrogens (tertiary/aromatic N) is 1. The summed E-state index contributed by atoms with van der Waals surface area (Å²) in [5, 5.41) is 2.49. The molecular weight excluding hydrogens is 280 g/mol. The van der Waals surface area contributed by atoms with Crippen LogP contribution in [0.3, 0.4) is 0 Å². The summed E-state index contributed by atoms with van der Waals surface area (Å²) in [5.41, 5.74) is 0.967. The molecule has 1 aliphatic rings. The number of hydrogen-bond acceptors (Lipinski definition) is 4. The molecule has 0 unspecified atom stereocenters. The third-order valence-corrected chi connectivity index (χ3v) is 5.31. The lowest BCUT2D eigenvalue weighted by Crippen LogP contribution is -2.40. The molecule has 0 bridgehead atoms. The lowest BCUT2D eigenvalue weighted by Gasteiger charge is -2.26. The molecule has 1 amide bonds. The van der Waals surface area contributed by atoms with E-state index in [1.54, 1.807) is 19.1 Å². The van der Waals surface area contributed by atoms with Crippen molar-refractivity contribution in [2.45, 2.75) is 11.8 Å². The number of aryl methyl sites for hydroxylation is 1. The monoisotopic (exact) mass is 298 g/mol. The first-order valence-corrected chi connectivity index (χ1v) is 7.81. The second-order valence-corrected chi connectivity index (χ2v) is 6.48. The number of carbonyl (C=O) groups is 1. The van der Waals surface area contributed by atoms with Crippen molar-refractivity contribution in [3.05, 3.63) is 29.3 Å². The van der Waals surface area contributed by atoms with Crippen molar-refractivity contribution in [2.75, 3.05) is 33.4 Å². The van der Waals surface area contributed by atoms with Crippen LogP contribution in [0.25, 0.3) is 0 Å². The van der Waals surface area contributed by atoms with E-state index in [4.69, 9.17) is 4.74 Å². The normalized spacial score (nSPS) is 16.9. The number of rotatable bonds is 3. The van der Waals surface area contributed by atoms with Gasteiger partial charge in [0.1, 0.15) is 0 Å². The molecule has 1 aromatic rings. The average Bonchev–Trinajstić information content (AvgIpc) is 2.47. The summed E-state index contributed by atoms with van der Waals surface area (Å²) < 4.78 is 31.8. The summed E-state index contributed by atoms with van der Waals surface area (Å²) >= 11 is 0. The number of amides is 1. The van der Waals surface area contributed by atoms with Crippen LogP contribution in [0.2, 0.25) is 0 Å². The molecule has 110 valence electrons. The van der Waals surface area contributed by atoms with Crippen LogP contribution in [0.1, 0.15) is 15.9 Å². The van der Waals surface area contributed by atoms with Crippen molar-refractivity contribution in [3.8, 4) is 0 Å². The van der Waals surface area contributed by atoms with Crippen molar-refractivity contribution >= 4 is 15.9 Å². The lowest BCUT2D eigenvalue weighted by molar-refractivity contribution is 0.0730. The Morgan fingerprint density at radius 1 is 1.30 bits per heavy atom. The summed E-state index contributed by atoms with van der Waals surface area (Å²) in [4.78, 5) is 11.8. The molecule has 0 atom stereocenters. The second-order valence-electron chi connectivity index (χ2n) is 4.58. The Balaban J connectivity index is 2.42. The van der Waals surface area contributed by atoms with Crippen LogP contribution in [-0.2, 0) is 14.8 Å². The molecule has 1 N–H and O–H groups in total. The molecule has 2 rings (SSSR count). The molecule has 1 fully saturated rings. The van der Waals surface area contributed by atoms with Gasteiger partial charge in [-0.25, -0.2) is 8.42 Å². The van der Waals surface area contributed by atoms with Gasteiger partial charge in [-0.3, -0.25) is 4.79 Å². The van der Waals surface area contributed by atoms with Crippen LogP contribution in [0.4, 0.5) is 0 Å². The average molecular weight is 298 g/mol. The van der Waals surface area contributed by atoms with Gasteiger partial charge in [-0.05, 0) is 24.6 Å². The summed E-state index contributed by atoms with van der Waals surface area (Å²) in [7, 11) is -2.07. The fourth-order valence-electron chi connectivity index (χ4n) is 2.09. The SMILES string of the molecule is CNC(=O)c1ccc(C)c(S(=O)(=O)N2CCOCC2)c1. The zero-order valence-electron chi connectivity index (χ0n) is 11.5. The largest absolute Gasteiger partial charge is 0.379 e. The van der Waals surface area contributed by atoms with Gasteiger partial charge >= 0.3 is 0 Å². The highest BCUT2D eigenvalue weighted by Crippen LogP contribution is 2.22. The van der Waals surface area contributed by atoms with Crippen LogP contribution >= 0.6 is 0 Å².